The molecule has 0 amide bonds. The average molecular weight is 322 g/mol. The Morgan fingerprint density at radius 1 is 1.29 bits per heavy atom. The topological polar surface area (TPSA) is 51.9 Å². The summed E-state index contributed by atoms with van der Waals surface area (Å²) in [6.45, 7) is 8.33. The van der Waals surface area contributed by atoms with Gasteiger partial charge in [0, 0.05) is 13.0 Å². The Morgan fingerprint density at radius 3 is 2.79 bits per heavy atom. The molecule has 1 aliphatic heterocycles. The average Bonchev–Trinajstić information content (AvgIpc) is 2.65. The minimum Gasteiger partial charge on any atom is -0.500 e. The summed E-state index contributed by atoms with van der Waals surface area (Å²) in [6, 6.07) is 13.1. The van der Waals surface area contributed by atoms with E-state index in [0.717, 1.165) is 16.7 Å². The van der Waals surface area contributed by atoms with E-state index >= 15 is 0 Å². The van der Waals surface area contributed by atoms with Crippen molar-refractivity contribution in [3.8, 4) is 5.75 Å². The normalized spacial score (nSPS) is 15.9. The van der Waals surface area contributed by atoms with Gasteiger partial charge < -0.3 is 14.8 Å². The summed E-state index contributed by atoms with van der Waals surface area (Å²) in [5, 5.41) is 3.16. The van der Waals surface area contributed by atoms with Crippen LogP contribution in [0.15, 0.2) is 42.5 Å². The number of fused-ring (bicyclic) bond motifs is 1. The standard InChI is InChI=1S/C19H18N2O3/c1-20-16-9-8-14-11-21-17(19(22)23-2)10-15(14)18(16)24-12-13-6-4-3-5-7-13/h3-9,17,21H,10-12H2,2H3. The molecule has 1 aliphatic rings. The zero-order valence-corrected chi connectivity index (χ0v) is 13.4. The highest BCUT2D eigenvalue weighted by Crippen LogP contribution is 2.37. The summed E-state index contributed by atoms with van der Waals surface area (Å²) >= 11 is 0. The lowest BCUT2D eigenvalue weighted by Crippen LogP contribution is -2.42. The first-order valence-electron chi connectivity index (χ1n) is 7.73. The maximum absolute atomic E-state index is 11.8. The van der Waals surface area contributed by atoms with Gasteiger partial charge in [0.25, 0.3) is 0 Å². The molecule has 0 fully saturated rings. The molecule has 2 aromatic rings. The maximum atomic E-state index is 11.8. The molecule has 1 atom stereocenters. The minimum atomic E-state index is -0.414. The van der Waals surface area contributed by atoms with Crippen LogP contribution in [0.4, 0.5) is 5.69 Å². The third-order valence-corrected chi connectivity index (χ3v) is 4.12. The van der Waals surface area contributed by atoms with Crippen molar-refractivity contribution in [1.29, 1.82) is 0 Å². The second-order valence-corrected chi connectivity index (χ2v) is 5.60. The first-order valence-corrected chi connectivity index (χ1v) is 7.73. The maximum Gasteiger partial charge on any atom is 0.323 e. The van der Waals surface area contributed by atoms with Gasteiger partial charge in [0.1, 0.15) is 18.4 Å². The summed E-state index contributed by atoms with van der Waals surface area (Å²) in [7, 11) is 1.38. The molecule has 1 heterocycles. The molecule has 0 radical (unpaired) electrons. The monoisotopic (exact) mass is 322 g/mol. The second kappa shape index (κ2) is 7.16. The minimum absolute atomic E-state index is 0.303. The van der Waals surface area contributed by atoms with Gasteiger partial charge in [-0.15, -0.1) is 0 Å². The van der Waals surface area contributed by atoms with Crippen LogP contribution in [0.3, 0.4) is 0 Å². The van der Waals surface area contributed by atoms with Crippen molar-refractivity contribution in [3.05, 3.63) is 70.6 Å². The highest BCUT2D eigenvalue weighted by Gasteiger charge is 2.28. The summed E-state index contributed by atoms with van der Waals surface area (Å²) in [5.41, 5.74) is 3.46. The van der Waals surface area contributed by atoms with E-state index in [2.05, 4.69) is 10.2 Å². The van der Waals surface area contributed by atoms with Crippen LogP contribution in [0.25, 0.3) is 4.85 Å². The molecule has 0 spiro atoms. The fourth-order valence-electron chi connectivity index (χ4n) is 2.84. The molecular weight excluding hydrogens is 304 g/mol. The van der Waals surface area contributed by atoms with Crippen molar-refractivity contribution in [3.63, 3.8) is 0 Å². The van der Waals surface area contributed by atoms with Crippen LogP contribution >= 0.6 is 0 Å². The number of carbonyl (C=O) groups is 1. The molecule has 3 rings (SSSR count). The number of ether oxygens (including phenoxy) is 2. The second-order valence-electron chi connectivity index (χ2n) is 5.60. The number of benzene rings is 2. The van der Waals surface area contributed by atoms with Crippen LogP contribution in [0.2, 0.25) is 0 Å². The highest BCUT2D eigenvalue weighted by atomic mass is 16.5. The lowest BCUT2D eigenvalue weighted by molar-refractivity contribution is -0.143. The Labute approximate surface area is 141 Å². The molecule has 1 N–H and O–H groups in total. The quantitative estimate of drug-likeness (QED) is 0.694. The van der Waals surface area contributed by atoms with Gasteiger partial charge in [-0.2, -0.15) is 0 Å². The number of nitrogens with zero attached hydrogens (tertiary/aromatic N) is 1. The molecular formula is C19H18N2O3. The van der Waals surface area contributed by atoms with Crippen LogP contribution in [0.1, 0.15) is 16.7 Å². The molecule has 0 aromatic heterocycles. The SMILES string of the molecule is [C-]#[N+]c1ccc2c(c1OCc1ccccc1)CC(C(=O)OC)NC2. The van der Waals surface area contributed by atoms with Gasteiger partial charge in [0.15, 0.2) is 0 Å². The molecule has 2 aromatic carbocycles. The van der Waals surface area contributed by atoms with E-state index in [4.69, 9.17) is 16.0 Å². The van der Waals surface area contributed by atoms with Crippen molar-refractivity contribution >= 4 is 11.7 Å². The molecule has 0 aliphatic carbocycles. The Kier molecular flexibility index (Phi) is 4.78. The fraction of sp³-hybridized carbons (Fsp3) is 0.263. The van der Waals surface area contributed by atoms with Gasteiger partial charge >= 0.3 is 5.97 Å². The molecule has 1 unspecified atom stereocenters. The summed E-state index contributed by atoms with van der Waals surface area (Å²) in [4.78, 5) is 15.4. The lowest BCUT2D eigenvalue weighted by atomic mass is 9.94. The van der Waals surface area contributed by atoms with Crippen molar-refractivity contribution in [2.45, 2.75) is 25.6 Å². The Hall–Kier alpha value is -2.84. The third-order valence-electron chi connectivity index (χ3n) is 4.12. The number of methoxy groups -OCH3 is 1. The first-order chi connectivity index (χ1) is 11.7. The van der Waals surface area contributed by atoms with E-state index in [0.29, 0.717) is 31.0 Å². The number of esters is 1. The Morgan fingerprint density at radius 2 is 2.08 bits per heavy atom. The van der Waals surface area contributed by atoms with E-state index in [9.17, 15) is 4.79 Å². The van der Waals surface area contributed by atoms with Crippen molar-refractivity contribution in [2.24, 2.45) is 0 Å². The number of nitrogens with one attached hydrogen (secondary N) is 1. The van der Waals surface area contributed by atoms with Crippen LogP contribution in [-0.4, -0.2) is 19.1 Å². The van der Waals surface area contributed by atoms with Gasteiger partial charge in [-0.05, 0) is 16.7 Å². The molecule has 122 valence electrons. The molecule has 0 saturated carbocycles. The molecule has 5 heteroatoms. The Bertz CT molecular complexity index is 781. The lowest BCUT2D eigenvalue weighted by Gasteiger charge is -2.27. The van der Waals surface area contributed by atoms with E-state index in [1.54, 1.807) is 6.07 Å². The predicted molar refractivity (Wildman–Crippen MR) is 89.8 cm³/mol. The van der Waals surface area contributed by atoms with E-state index in [1.807, 2.05) is 36.4 Å². The predicted octanol–water partition coefficient (Wildman–Crippen LogP) is 3.00. The molecule has 5 nitrogen and oxygen atoms in total. The molecule has 0 saturated heterocycles. The molecule has 0 bridgehead atoms. The van der Waals surface area contributed by atoms with Crippen LogP contribution < -0.4 is 10.1 Å². The van der Waals surface area contributed by atoms with Gasteiger partial charge in [0.2, 0.25) is 5.69 Å². The van der Waals surface area contributed by atoms with Crippen LogP contribution in [-0.2, 0) is 29.1 Å². The van der Waals surface area contributed by atoms with Crippen LogP contribution in [0.5, 0.6) is 5.75 Å². The summed E-state index contributed by atoms with van der Waals surface area (Å²) in [6.07, 6.45) is 0.454. The highest BCUT2D eigenvalue weighted by molar-refractivity contribution is 5.77. The van der Waals surface area contributed by atoms with E-state index < -0.39 is 6.04 Å². The van der Waals surface area contributed by atoms with Gasteiger partial charge in [-0.3, -0.25) is 4.79 Å². The third kappa shape index (κ3) is 3.24. The van der Waals surface area contributed by atoms with Gasteiger partial charge in [-0.25, -0.2) is 4.85 Å². The first kappa shape index (κ1) is 16.0. The van der Waals surface area contributed by atoms with E-state index in [1.165, 1.54) is 7.11 Å². The number of hydrogen-bond donors (Lipinski definition) is 1. The largest absolute Gasteiger partial charge is 0.500 e. The van der Waals surface area contributed by atoms with Crippen LogP contribution in [0, 0.1) is 6.57 Å². The molecule has 24 heavy (non-hydrogen) atoms. The Balaban J connectivity index is 1.90. The summed E-state index contributed by atoms with van der Waals surface area (Å²) < 4.78 is 10.8. The summed E-state index contributed by atoms with van der Waals surface area (Å²) in [5.74, 6) is 0.268. The van der Waals surface area contributed by atoms with Crippen molar-refractivity contribution in [2.75, 3.05) is 7.11 Å². The number of hydrogen-bond acceptors (Lipinski definition) is 4. The van der Waals surface area contributed by atoms with Gasteiger partial charge in [-0.1, -0.05) is 42.5 Å². The van der Waals surface area contributed by atoms with E-state index in [-0.39, 0.29) is 5.97 Å². The fourth-order valence-corrected chi connectivity index (χ4v) is 2.84. The van der Waals surface area contributed by atoms with Crippen molar-refractivity contribution in [1.82, 2.24) is 5.32 Å². The number of carbonyl (C=O) groups excluding carboxylic acids is 1. The zero-order chi connectivity index (χ0) is 16.9. The van der Waals surface area contributed by atoms with Gasteiger partial charge in [0.05, 0.1) is 13.7 Å². The number of rotatable bonds is 4. The smallest absolute Gasteiger partial charge is 0.323 e. The van der Waals surface area contributed by atoms with Crippen molar-refractivity contribution < 1.29 is 14.3 Å². The zero-order valence-electron chi connectivity index (χ0n) is 13.4.